The van der Waals surface area contributed by atoms with Gasteiger partial charge in [0.15, 0.2) is 0 Å². The third-order valence-electron chi connectivity index (χ3n) is 2.74. The second-order valence-corrected chi connectivity index (χ2v) is 5.50. The molecule has 0 atom stereocenters. The normalized spacial score (nSPS) is 10.6. The van der Waals surface area contributed by atoms with Crippen molar-refractivity contribution in [1.82, 2.24) is 15.3 Å². The summed E-state index contributed by atoms with van der Waals surface area (Å²) in [7, 11) is 0. The number of halogens is 1. The average Bonchev–Trinajstić information content (AvgIpc) is 2.42. The molecule has 0 aliphatic rings. The van der Waals surface area contributed by atoms with E-state index in [9.17, 15) is 0 Å². The summed E-state index contributed by atoms with van der Waals surface area (Å²) < 4.78 is 6.63. The molecule has 0 unspecified atom stereocenters. The zero-order valence-corrected chi connectivity index (χ0v) is 13.3. The van der Waals surface area contributed by atoms with Gasteiger partial charge >= 0.3 is 0 Å². The van der Waals surface area contributed by atoms with Crippen molar-refractivity contribution in [2.45, 2.75) is 26.8 Å². The molecule has 106 valence electrons. The smallest absolute Gasteiger partial charge is 0.222 e. The van der Waals surface area contributed by atoms with Crippen LogP contribution in [0.5, 0.6) is 11.6 Å². The van der Waals surface area contributed by atoms with Crippen LogP contribution in [0.2, 0.25) is 0 Å². The van der Waals surface area contributed by atoms with Crippen molar-refractivity contribution in [1.29, 1.82) is 0 Å². The van der Waals surface area contributed by atoms with Gasteiger partial charge in [0.25, 0.3) is 0 Å². The highest BCUT2D eigenvalue weighted by molar-refractivity contribution is 9.10. The second kappa shape index (κ2) is 7.36. The lowest BCUT2D eigenvalue weighted by Gasteiger charge is -2.09. The van der Waals surface area contributed by atoms with Crippen molar-refractivity contribution in [3.63, 3.8) is 0 Å². The Morgan fingerprint density at radius 1 is 1.25 bits per heavy atom. The fourth-order valence-corrected chi connectivity index (χ4v) is 2.14. The Morgan fingerprint density at radius 2 is 2.10 bits per heavy atom. The number of aryl methyl sites for hydroxylation is 1. The molecule has 0 saturated carbocycles. The van der Waals surface area contributed by atoms with Crippen LogP contribution in [0.25, 0.3) is 0 Å². The number of nitrogens with zero attached hydrogens (tertiary/aromatic N) is 2. The molecule has 20 heavy (non-hydrogen) atoms. The molecule has 1 N–H and O–H groups in total. The summed E-state index contributed by atoms with van der Waals surface area (Å²) in [5, 5.41) is 3.36. The van der Waals surface area contributed by atoms with E-state index in [-0.39, 0.29) is 0 Å². The van der Waals surface area contributed by atoms with Gasteiger partial charge in [0.05, 0.1) is 6.20 Å². The van der Waals surface area contributed by atoms with E-state index in [1.807, 2.05) is 19.2 Å². The third kappa shape index (κ3) is 4.28. The van der Waals surface area contributed by atoms with E-state index in [0.29, 0.717) is 11.6 Å². The van der Waals surface area contributed by atoms with E-state index < -0.39 is 0 Å². The summed E-state index contributed by atoms with van der Waals surface area (Å²) in [4.78, 5) is 8.44. The zero-order valence-electron chi connectivity index (χ0n) is 11.7. The highest BCUT2D eigenvalue weighted by Gasteiger charge is 2.05. The van der Waals surface area contributed by atoms with Crippen LogP contribution in [0.3, 0.4) is 0 Å². The Labute approximate surface area is 127 Å². The molecule has 0 saturated heterocycles. The van der Waals surface area contributed by atoms with Crippen LogP contribution in [0.15, 0.2) is 35.2 Å². The number of nitrogens with one attached hydrogen (secondary N) is 1. The molecule has 0 amide bonds. The fraction of sp³-hybridized carbons (Fsp3) is 0.333. The first-order chi connectivity index (χ1) is 9.69. The Balaban J connectivity index is 2.06. The van der Waals surface area contributed by atoms with Crippen LogP contribution in [-0.2, 0) is 6.54 Å². The maximum Gasteiger partial charge on any atom is 0.222 e. The highest BCUT2D eigenvalue weighted by Crippen LogP contribution is 2.24. The highest BCUT2D eigenvalue weighted by atomic mass is 79.9. The molecular formula is C15H18BrN3O. The van der Waals surface area contributed by atoms with Gasteiger partial charge in [0.1, 0.15) is 5.75 Å². The van der Waals surface area contributed by atoms with Gasteiger partial charge in [-0.1, -0.05) is 6.92 Å². The van der Waals surface area contributed by atoms with Crippen molar-refractivity contribution in [3.8, 4) is 11.6 Å². The van der Waals surface area contributed by atoms with Gasteiger partial charge in [-0.05, 0) is 53.5 Å². The first kappa shape index (κ1) is 14.9. The molecule has 0 bridgehead atoms. The predicted octanol–water partition coefficient (Wildman–Crippen LogP) is 3.84. The number of hydrogen-bond acceptors (Lipinski definition) is 4. The lowest BCUT2D eigenvalue weighted by molar-refractivity contribution is 0.455. The van der Waals surface area contributed by atoms with E-state index >= 15 is 0 Å². The van der Waals surface area contributed by atoms with Crippen LogP contribution in [-0.4, -0.2) is 16.5 Å². The lowest BCUT2D eigenvalue weighted by Crippen LogP contribution is -2.14. The molecule has 0 spiro atoms. The van der Waals surface area contributed by atoms with Gasteiger partial charge in [0.2, 0.25) is 5.88 Å². The SMILES string of the molecule is CCCNCc1cnc(Oc2cncc(Br)c2)c(C)c1. The first-order valence-corrected chi connectivity index (χ1v) is 7.43. The fourth-order valence-electron chi connectivity index (χ4n) is 1.79. The van der Waals surface area contributed by atoms with Gasteiger partial charge in [-0.25, -0.2) is 4.98 Å². The molecule has 5 heteroatoms. The summed E-state index contributed by atoms with van der Waals surface area (Å²) in [5.74, 6) is 1.29. The zero-order chi connectivity index (χ0) is 14.4. The lowest BCUT2D eigenvalue weighted by atomic mass is 10.2. The number of pyridine rings is 2. The summed E-state index contributed by atoms with van der Waals surface area (Å²) >= 11 is 3.37. The van der Waals surface area contributed by atoms with E-state index in [0.717, 1.165) is 35.1 Å². The molecule has 2 heterocycles. The molecule has 0 fully saturated rings. The van der Waals surface area contributed by atoms with Crippen LogP contribution in [0.1, 0.15) is 24.5 Å². The third-order valence-corrected chi connectivity index (χ3v) is 3.17. The average molecular weight is 336 g/mol. The van der Waals surface area contributed by atoms with Gasteiger partial charge in [-0.15, -0.1) is 0 Å². The van der Waals surface area contributed by atoms with Crippen molar-refractivity contribution in [2.24, 2.45) is 0 Å². The van der Waals surface area contributed by atoms with Crippen molar-refractivity contribution in [3.05, 3.63) is 46.3 Å². The molecule has 2 rings (SSSR count). The van der Waals surface area contributed by atoms with Crippen LogP contribution in [0.4, 0.5) is 0 Å². The molecule has 0 aromatic carbocycles. The second-order valence-electron chi connectivity index (χ2n) is 4.58. The standard InChI is InChI=1S/C15H18BrN3O/c1-3-4-17-7-12-5-11(2)15(19-8-12)20-14-6-13(16)9-18-10-14/h5-6,8-10,17H,3-4,7H2,1-2H3. The summed E-state index contributed by atoms with van der Waals surface area (Å²) in [5.41, 5.74) is 2.18. The Hall–Kier alpha value is -1.46. The van der Waals surface area contributed by atoms with E-state index in [1.54, 1.807) is 12.4 Å². The van der Waals surface area contributed by atoms with Crippen molar-refractivity contribution < 1.29 is 4.74 Å². The van der Waals surface area contributed by atoms with E-state index in [2.05, 4.69) is 44.2 Å². The number of ether oxygens (including phenoxy) is 1. The quantitative estimate of drug-likeness (QED) is 0.814. The molecule has 0 aliphatic heterocycles. The van der Waals surface area contributed by atoms with Gasteiger partial charge < -0.3 is 10.1 Å². The Bertz CT molecular complexity index is 575. The Kier molecular flexibility index (Phi) is 5.49. The molecule has 4 nitrogen and oxygen atoms in total. The maximum atomic E-state index is 5.75. The molecule has 0 aliphatic carbocycles. The van der Waals surface area contributed by atoms with Gasteiger partial charge in [-0.3, -0.25) is 4.98 Å². The number of aromatic nitrogens is 2. The molecule has 2 aromatic heterocycles. The predicted molar refractivity (Wildman–Crippen MR) is 83.0 cm³/mol. The summed E-state index contributed by atoms with van der Waals surface area (Å²) in [6, 6.07) is 3.96. The summed E-state index contributed by atoms with van der Waals surface area (Å²) in [6.07, 6.45) is 6.36. The Morgan fingerprint density at radius 3 is 2.80 bits per heavy atom. The van der Waals surface area contributed by atoms with Gasteiger partial charge in [-0.2, -0.15) is 0 Å². The van der Waals surface area contributed by atoms with E-state index in [1.165, 1.54) is 0 Å². The minimum Gasteiger partial charge on any atom is -0.437 e. The van der Waals surface area contributed by atoms with Crippen molar-refractivity contribution >= 4 is 15.9 Å². The number of rotatable bonds is 6. The molecular weight excluding hydrogens is 318 g/mol. The van der Waals surface area contributed by atoms with Crippen LogP contribution < -0.4 is 10.1 Å². The van der Waals surface area contributed by atoms with Gasteiger partial charge in [0, 0.05) is 29.0 Å². The van der Waals surface area contributed by atoms with Crippen molar-refractivity contribution in [2.75, 3.05) is 6.54 Å². The monoisotopic (exact) mass is 335 g/mol. The molecule has 0 radical (unpaired) electrons. The molecule has 2 aromatic rings. The number of hydrogen-bond donors (Lipinski definition) is 1. The summed E-state index contributed by atoms with van der Waals surface area (Å²) in [6.45, 7) is 6.00. The topological polar surface area (TPSA) is 47.0 Å². The van der Waals surface area contributed by atoms with Crippen LogP contribution >= 0.6 is 15.9 Å². The maximum absolute atomic E-state index is 5.75. The minimum atomic E-state index is 0.615. The van der Waals surface area contributed by atoms with E-state index in [4.69, 9.17) is 4.74 Å². The first-order valence-electron chi connectivity index (χ1n) is 6.63. The minimum absolute atomic E-state index is 0.615. The van der Waals surface area contributed by atoms with Crippen LogP contribution in [0, 0.1) is 6.92 Å². The largest absolute Gasteiger partial charge is 0.437 e.